The number of fused-ring (bicyclic) bond motifs is 2. The van der Waals surface area contributed by atoms with Crippen LogP contribution in [0.4, 0.5) is 0 Å². The average Bonchev–Trinajstić information content (AvgIpc) is 3.74. The lowest BCUT2D eigenvalue weighted by Crippen LogP contribution is -2.54. The van der Waals surface area contributed by atoms with Crippen LogP contribution >= 0.6 is 0 Å². The molecule has 47 heavy (non-hydrogen) atoms. The molecule has 0 radical (unpaired) electrons. The number of carbonyl (C=O) groups is 1. The van der Waals surface area contributed by atoms with Crippen LogP contribution in [0, 0.1) is 0 Å². The van der Waals surface area contributed by atoms with E-state index in [-0.39, 0.29) is 18.1 Å². The molecule has 0 amide bonds. The number of carbonyl (C=O) groups excluding carboxylic acids is 1. The van der Waals surface area contributed by atoms with Gasteiger partial charge in [0.1, 0.15) is 0 Å². The van der Waals surface area contributed by atoms with Crippen molar-refractivity contribution in [3.63, 3.8) is 0 Å². The number of aromatic nitrogens is 6. The number of esters is 1. The largest absolute Gasteiger partial charge is 0.462 e. The maximum atomic E-state index is 14.4. The SMILES string of the molecule is CCCc1c(Cc2ccc(-c3ccccc3-c3nnn[nH]3)cc2)c(=O)n2n1C1CCC2(COCc2ccccc2C(=O)OCC)CC1. The lowest BCUT2D eigenvalue weighted by atomic mass is 9.78. The molecule has 0 unspecified atom stereocenters. The van der Waals surface area contributed by atoms with E-state index in [1.807, 2.05) is 36.4 Å². The van der Waals surface area contributed by atoms with Crippen molar-refractivity contribution in [2.24, 2.45) is 0 Å². The van der Waals surface area contributed by atoms with Gasteiger partial charge in [-0.05, 0) is 77.8 Å². The summed E-state index contributed by atoms with van der Waals surface area (Å²) in [5.41, 5.74) is 7.18. The first-order valence-electron chi connectivity index (χ1n) is 16.6. The molecule has 2 bridgehead atoms. The van der Waals surface area contributed by atoms with Gasteiger partial charge in [-0.15, -0.1) is 5.10 Å². The van der Waals surface area contributed by atoms with E-state index in [4.69, 9.17) is 9.47 Å². The predicted molar refractivity (Wildman–Crippen MR) is 178 cm³/mol. The Morgan fingerprint density at radius 1 is 0.979 bits per heavy atom. The van der Waals surface area contributed by atoms with Crippen LogP contribution in [0.25, 0.3) is 22.5 Å². The number of ether oxygens (including phenoxy) is 2. The van der Waals surface area contributed by atoms with Gasteiger partial charge in [0.05, 0.1) is 37.0 Å². The summed E-state index contributed by atoms with van der Waals surface area (Å²) < 4.78 is 16.0. The minimum absolute atomic E-state index is 0.0978. The Morgan fingerprint density at radius 2 is 1.72 bits per heavy atom. The summed E-state index contributed by atoms with van der Waals surface area (Å²) in [5, 5.41) is 14.5. The van der Waals surface area contributed by atoms with Gasteiger partial charge in [-0.1, -0.05) is 80.1 Å². The quantitative estimate of drug-likeness (QED) is 0.161. The number of rotatable bonds is 12. The summed E-state index contributed by atoms with van der Waals surface area (Å²) in [4.78, 5) is 27.0. The van der Waals surface area contributed by atoms with Gasteiger partial charge in [-0.2, -0.15) is 0 Å². The first-order valence-corrected chi connectivity index (χ1v) is 16.6. The highest BCUT2D eigenvalue weighted by molar-refractivity contribution is 5.91. The van der Waals surface area contributed by atoms with E-state index < -0.39 is 5.54 Å². The number of nitrogens with one attached hydrogen (secondary N) is 1. The maximum Gasteiger partial charge on any atom is 0.338 e. The Morgan fingerprint density at radius 3 is 2.45 bits per heavy atom. The van der Waals surface area contributed by atoms with Crippen molar-refractivity contribution >= 4 is 5.97 Å². The van der Waals surface area contributed by atoms with Crippen molar-refractivity contribution in [1.29, 1.82) is 0 Å². The lowest BCUT2D eigenvalue weighted by molar-refractivity contribution is -0.0396. The molecule has 8 rings (SSSR count). The van der Waals surface area contributed by atoms with Crippen LogP contribution in [-0.2, 0) is 34.5 Å². The molecular weight excluding hydrogens is 592 g/mol. The highest BCUT2D eigenvalue weighted by Crippen LogP contribution is 2.46. The maximum absolute atomic E-state index is 14.4. The zero-order valence-electron chi connectivity index (χ0n) is 26.9. The predicted octanol–water partition coefficient (Wildman–Crippen LogP) is 6.26. The zero-order valence-corrected chi connectivity index (χ0v) is 26.9. The Bertz CT molecular complexity index is 1920. The van der Waals surface area contributed by atoms with Crippen molar-refractivity contribution in [3.8, 4) is 22.5 Å². The molecule has 4 heterocycles. The number of hydrogen-bond donors (Lipinski definition) is 1. The third-order valence-corrected chi connectivity index (χ3v) is 9.77. The van der Waals surface area contributed by atoms with Gasteiger partial charge in [0.15, 0.2) is 5.82 Å². The van der Waals surface area contributed by atoms with E-state index in [0.29, 0.717) is 37.1 Å². The summed E-state index contributed by atoms with van der Waals surface area (Å²) in [7, 11) is 0. The third-order valence-electron chi connectivity index (χ3n) is 9.77. The van der Waals surface area contributed by atoms with E-state index in [1.165, 1.54) is 0 Å². The molecule has 3 aromatic carbocycles. The fourth-order valence-corrected chi connectivity index (χ4v) is 7.54. The van der Waals surface area contributed by atoms with Crippen molar-refractivity contribution in [2.45, 2.75) is 77.0 Å². The van der Waals surface area contributed by atoms with Gasteiger partial charge in [-0.25, -0.2) is 14.6 Å². The molecule has 242 valence electrons. The third kappa shape index (κ3) is 5.71. The molecule has 0 spiro atoms. The van der Waals surface area contributed by atoms with Gasteiger partial charge >= 0.3 is 5.97 Å². The van der Waals surface area contributed by atoms with Crippen molar-refractivity contribution < 1.29 is 14.3 Å². The number of tetrazole rings is 1. The van der Waals surface area contributed by atoms with E-state index in [0.717, 1.165) is 77.6 Å². The minimum atomic E-state index is -0.408. The second-order valence-corrected chi connectivity index (χ2v) is 12.6. The number of H-pyrrole nitrogens is 1. The van der Waals surface area contributed by atoms with Crippen LogP contribution in [0.5, 0.6) is 0 Å². The highest BCUT2D eigenvalue weighted by atomic mass is 16.5. The fraction of sp³-hybridized carbons (Fsp3) is 0.378. The average molecular weight is 633 g/mol. The van der Waals surface area contributed by atoms with Crippen molar-refractivity contribution in [2.75, 3.05) is 13.2 Å². The summed E-state index contributed by atoms with van der Waals surface area (Å²) >= 11 is 0. The molecule has 1 aliphatic carbocycles. The molecule has 0 atom stereocenters. The lowest BCUT2D eigenvalue weighted by Gasteiger charge is -2.49. The molecule has 2 aromatic heterocycles. The molecule has 1 fully saturated rings. The normalized spacial score (nSPS) is 18.3. The van der Waals surface area contributed by atoms with Crippen LogP contribution in [0.1, 0.15) is 84.7 Å². The summed E-state index contributed by atoms with van der Waals surface area (Å²) in [5.74, 6) is 0.281. The molecule has 10 nitrogen and oxygen atoms in total. The van der Waals surface area contributed by atoms with E-state index in [1.54, 1.807) is 13.0 Å². The van der Waals surface area contributed by atoms with Crippen LogP contribution in [0.15, 0.2) is 77.6 Å². The fourth-order valence-electron chi connectivity index (χ4n) is 7.54. The van der Waals surface area contributed by atoms with E-state index in [2.05, 4.69) is 67.2 Å². The molecule has 10 heteroatoms. The number of nitrogens with zero attached hydrogens (tertiary/aromatic N) is 5. The summed E-state index contributed by atoms with van der Waals surface area (Å²) in [6.45, 7) is 5.00. The number of hydrogen-bond acceptors (Lipinski definition) is 7. The van der Waals surface area contributed by atoms with E-state index >= 15 is 0 Å². The smallest absolute Gasteiger partial charge is 0.338 e. The van der Waals surface area contributed by atoms with Crippen LogP contribution in [-0.4, -0.2) is 49.2 Å². The molecule has 2 aliphatic heterocycles. The molecule has 5 aromatic rings. The van der Waals surface area contributed by atoms with Crippen molar-refractivity contribution in [1.82, 2.24) is 30.0 Å². The Kier molecular flexibility index (Phi) is 8.60. The molecule has 3 aliphatic rings. The van der Waals surface area contributed by atoms with Crippen LogP contribution < -0.4 is 5.56 Å². The van der Waals surface area contributed by atoms with Gasteiger partial charge in [0.25, 0.3) is 5.56 Å². The second-order valence-electron chi connectivity index (χ2n) is 12.6. The van der Waals surface area contributed by atoms with Gasteiger partial charge in [0, 0.05) is 23.2 Å². The van der Waals surface area contributed by atoms with Crippen LogP contribution in [0.3, 0.4) is 0 Å². The summed E-state index contributed by atoms with van der Waals surface area (Å²) in [6.07, 6.45) is 6.26. The zero-order chi connectivity index (χ0) is 32.4. The van der Waals surface area contributed by atoms with E-state index in [9.17, 15) is 9.59 Å². The second kappa shape index (κ2) is 13.1. The molecule has 0 saturated heterocycles. The van der Waals surface area contributed by atoms with Crippen molar-refractivity contribution in [3.05, 3.63) is 111 Å². The minimum Gasteiger partial charge on any atom is -0.462 e. The molecule has 1 N–H and O–H groups in total. The van der Waals surface area contributed by atoms with Gasteiger partial charge < -0.3 is 9.47 Å². The Balaban J connectivity index is 1.16. The molecule has 1 saturated carbocycles. The Labute approximate surface area is 273 Å². The number of aromatic amines is 1. The standard InChI is InChI=1S/C37H40N6O4/c1-3-9-33-32(22-25-14-16-26(17-15-25)29-11-7-8-13-31(29)34-38-40-41-39-34)35(44)43-37(20-18-28(19-21-37)42(33)43)24-46-23-27-10-5-6-12-30(27)36(45)47-4-2/h5-8,10-17,28H,3-4,9,18-24H2,1-2H3,(H,38,39,40,41). The monoisotopic (exact) mass is 632 g/mol. The topological polar surface area (TPSA) is 117 Å². The Hall–Kier alpha value is -4.83. The van der Waals surface area contributed by atoms with Gasteiger partial charge in [0.2, 0.25) is 0 Å². The summed E-state index contributed by atoms with van der Waals surface area (Å²) in [6, 6.07) is 24.3. The highest BCUT2D eigenvalue weighted by Gasteiger charge is 2.47. The number of benzene rings is 3. The first-order chi connectivity index (χ1) is 23.0. The molecular formula is C37H40N6O4. The van der Waals surface area contributed by atoms with Crippen LogP contribution in [0.2, 0.25) is 0 Å². The van der Waals surface area contributed by atoms with Gasteiger partial charge in [-0.3, -0.25) is 9.48 Å². The first kappa shape index (κ1) is 30.8.